The van der Waals surface area contributed by atoms with Crippen LogP contribution in [0.2, 0.25) is 0 Å². The molecule has 8 atom stereocenters. The average molecular weight is 465 g/mol. The second kappa shape index (κ2) is 8.84. The second-order valence-corrected chi connectivity index (χ2v) is 12.0. The lowest BCUT2D eigenvalue weighted by Crippen LogP contribution is -2.55. The van der Waals surface area contributed by atoms with Crippen molar-refractivity contribution in [3.8, 4) is 0 Å². The molecule has 1 aromatic rings. The number of hydrogen-bond donors (Lipinski definition) is 0. The van der Waals surface area contributed by atoms with Crippen molar-refractivity contribution < 1.29 is 19.1 Å². The fourth-order valence-corrected chi connectivity index (χ4v) is 8.74. The molecule has 4 heteroatoms. The van der Waals surface area contributed by atoms with Gasteiger partial charge in [-0.05, 0) is 91.6 Å². The zero-order valence-corrected chi connectivity index (χ0v) is 21.2. The Hall–Kier alpha value is -2.10. The molecule has 0 unspecified atom stereocenters. The maximum Gasteiger partial charge on any atom is 0.303 e. The van der Waals surface area contributed by atoms with Gasteiger partial charge in [0, 0.05) is 19.3 Å². The first-order valence-electron chi connectivity index (χ1n) is 13.3. The predicted molar refractivity (Wildman–Crippen MR) is 133 cm³/mol. The molecule has 0 aromatic heterocycles. The van der Waals surface area contributed by atoms with E-state index in [2.05, 4.69) is 44.2 Å². The normalized spacial score (nSPS) is 42.3. The summed E-state index contributed by atoms with van der Waals surface area (Å²) in [5, 5.41) is 0. The summed E-state index contributed by atoms with van der Waals surface area (Å²) < 4.78 is 11.7. The van der Waals surface area contributed by atoms with Crippen LogP contribution < -0.4 is 0 Å². The molecule has 0 saturated heterocycles. The molecule has 4 fully saturated rings. The summed E-state index contributed by atoms with van der Waals surface area (Å²) in [6.07, 6.45) is 11.2. The molecule has 5 rings (SSSR count). The highest BCUT2D eigenvalue weighted by atomic mass is 16.5. The monoisotopic (exact) mass is 464 g/mol. The number of carbonyl (C=O) groups excluding carboxylic acids is 2. The molecule has 0 aliphatic heterocycles. The molecule has 0 bridgehead atoms. The van der Waals surface area contributed by atoms with Crippen LogP contribution in [0.4, 0.5) is 0 Å². The zero-order chi connectivity index (χ0) is 24.1. The Kier molecular flexibility index (Phi) is 6.14. The van der Waals surface area contributed by atoms with Gasteiger partial charge in [0.1, 0.15) is 12.2 Å². The van der Waals surface area contributed by atoms with Crippen LogP contribution in [0.1, 0.15) is 84.6 Å². The summed E-state index contributed by atoms with van der Waals surface area (Å²) in [6, 6.07) is 10.4. The van der Waals surface area contributed by atoms with Crippen molar-refractivity contribution in [2.24, 2.45) is 34.5 Å². The molecule has 1 aromatic carbocycles. The van der Waals surface area contributed by atoms with Gasteiger partial charge in [0.2, 0.25) is 0 Å². The molecular weight excluding hydrogens is 424 g/mol. The van der Waals surface area contributed by atoms with E-state index < -0.39 is 0 Å². The summed E-state index contributed by atoms with van der Waals surface area (Å²) in [5.74, 6) is 2.28. The smallest absolute Gasteiger partial charge is 0.303 e. The van der Waals surface area contributed by atoms with Gasteiger partial charge in [0.05, 0.1) is 0 Å². The number of ether oxygens (including phenoxy) is 2. The topological polar surface area (TPSA) is 52.6 Å². The molecule has 0 heterocycles. The molecule has 0 spiro atoms. The summed E-state index contributed by atoms with van der Waals surface area (Å²) >= 11 is 0. The van der Waals surface area contributed by atoms with Gasteiger partial charge in [0.25, 0.3) is 0 Å². The van der Waals surface area contributed by atoms with Crippen LogP contribution in [-0.2, 0) is 19.1 Å². The van der Waals surface area contributed by atoms with E-state index >= 15 is 0 Å². The van der Waals surface area contributed by atoms with Crippen molar-refractivity contribution in [3.05, 3.63) is 41.5 Å². The van der Waals surface area contributed by atoms with Crippen LogP contribution in [0.5, 0.6) is 0 Å². The lowest BCUT2D eigenvalue weighted by Gasteiger charge is -2.61. The molecule has 34 heavy (non-hydrogen) atoms. The molecular formula is C30H40O4. The first kappa shape index (κ1) is 23.6. The Morgan fingerprint density at radius 3 is 2.29 bits per heavy atom. The number of rotatable bonds is 3. The second-order valence-electron chi connectivity index (χ2n) is 12.0. The molecule has 0 radical (unpaired) electrons. The van der Waals surface area contributed by atoms with Crippen molar-refractivity contribution >= 4 is 18.0 Å². The van der Waals surface area contributed by atoms with Crippen molar-refractivity contribution in [2.45, 2.75) is 91.3 Å². The highest BCUT2D eigenvalue weighted by Gasteiger charge is 2.61. The molecule has 4 nitrogen and oxygen atoms in total. The first-order chi connectivity index (χ1) is 16.2. The van der Waals surface area contributed by atoms with E-state index in [1.807, 2.05) is 6.07 Å². The Labute approximate surface area is 204 Å². The Morgan fingerprint density at radius 2 is 1.59 bits per heavy atom. The fourth-order valence-electron chi connectivity index (χ4n) is 8.74. The largest absolute Gasteiger partial charge is 0.462 e. The lowest BCUT2D eigenvalue weighted by molar-refractivity contribution is -0.163. The number of esters is 2. The van der Waals surface area contributed by atoms with Gasteiger partial charge in [-0.1, -0.05) is 50.3 Å². The van der Waals surface area contributed by atoms with E-state index in [-0.39, 0.29) is 35.0 Å². The van der Waals surface area contributed by atoms with Crippen LogP contribution in [0, 0.1) is 34.5 Å². The SMILES string of the molecule is CC(=O)O[C@H]1CC[C@H]2[C@H]3CC[C@H]4C[C@@H](OC(C)=O)/C(=C/c5ccccc5)C[C@]4(C)[C@@H]3CC[C@@]12C. The van der Waals surface area contributed by atoms with Gasteiger partial charge in [-0.2, -0.15) is 0 Å². The van der Waals surface area contributed by atoms with Gasteiger partial charge in [-0.25, -0.2) is 0 Å². The van der Waals surface area contributed by atoms with Gasteiger partial charge in [0.15, 0.2) is 0 Å². The van der Waals surface area contributed by atoms with E-state index in [9.17, 15) is 9.59 Å². The Morgan fingerprint density at radius 1 is 0.882 bits per heavy atom. The highest BCUT2D eigenvalue weighted by Crippen LogP contribution is 2.67. The maximum absolute atomic E-state index is 12.0. The molecule has 4 aliphatic carbocycles. The van der Waals surface area contributed by atoms with Crippen molar-refractivity contribution in [1.29, 1.82) is 0 Å². The Balaban J connectivity index is 1.44. The van der Waals surface area contributed by atoms with E-state index in [0.717, 1.165) is 25.7 Å². The van der Waals surface area contributed by atoms with Crippen molar-refractivity contribution in [3.63, 3.8) is 0 Å². The summed E-state index contributed by atoms with van der Waals surface area (Å²) in [6.45, 7) is 8.00. The zero-order valence-electron chi connectivity index (χ0n) is 21.2. The summed E-state index contributed by atoms with van der Waals surface area (Å²) in [4.78, 5) is 23.7. The predicted octanol–water partition coefficient (Wildman–Crippen LogP) is 6.59. The number of hydrogen-bond acceptors (Lipinski definition) is 4. The highest BCUT2D eigenvalue weighted by molar-refractivity contribution is 5.67. The van der Waals surface area contributed by atoms with E-state index in [0.29, 0.717) is 23.7 Å². The summed E-state index contributed by atoms with van der Waals surface area (Å²) in [5.41, 5.74) is 2.80. The van der Waals surface area contributed by atoms with Crippen LogP contribution in [0.3, 0.4) is 0 Å². The van der Waals surface area contributed by atoms with Crippen LogP contribution in [-0.4, -0.2) is 24.1 Å². The minimum Gasteiger partial charge on any atom is -0.462 e. The quantitative estimate of drug-likeness (QED) is 0.474. The number of carbonyl (C=O) groups is 2. The average Bonchev–Trinajstić information content (AvgIpc) is 3.10. The van der Waals surface area contributed by atoms with E-state index in [1.54, 1.807) is 6.92 Å². The third-order valence-corrected chi connectivity index (χ3v) is 10.2. The first-order valence-corrected chi connectivity index (χ1v) is 13.3. The fraction of sp³-hybridized carbons (Fsp3) is 0.667. The van der Waals surface area contributed by atoms with Crippen LogP contribution >= 0.6 is 0 Å². The van der Waals surface area contributed by atoms with Gasteiger partial charge >= 0.3 is 11.9 Å². The molecule has 0 N–H and O–H groups in total. The molecule has 4 saturated carbocycles. The van der Waals surface area contributed by atoms with Crippen LogP contribution in [0.25, 0.3) is 6.08 Å². The van der Waals surface area contributed by atoms with E-state index in [1.165, 1.54) is 43.7 Å². The molecule has 4 aliphatic rings. The third-order valence-electron chi connectivity index (χ3n) is 10.2. The van der Waals surface area contributed by atoms with Gasteiger partial charge in [-0.3, -0.25) is 9.59 Å². The maximum atomic E-state index is 12.0. The number of benzene rings is 1. The standard InChI is InChI=1S/C30H40O4/c1-19(31)33-27-17-23-10-11-24-25-12-13-28(34-20(2)32)29(25,3)15-14-26(24)30(23,4)18-22(27)16-21-8-6-5-7-9-21/h5-9,16,23-28H,10-15,17-18H2,1-4H3/b22-16+/t23-,24+,25-,26+,27+,28-,29+,30-/m0/s1. The summed E-state index contributed by atoms with van der Waals surface area (Å²) in [7, 11) is 0. The minimum atomic E-state index is -0.183. The van der Waals surface area contributed by atoms with Crippen molar-refractivity contribution in [1.82, 2.24) is 0 Å². The Bertz CT molecular complexity index is 967. The van der Waals surface area contributed by atoms with Gasteiger partial charge < -0.3 is 9.47 Å². The third kappa shape index (κ3) is 4.01. The molecule has 0 amide bonds. The minimum absolute atomic E-state index is 0.0784. The van der Waals surface area contributed by atoms with Gasteiger partial charge in [-0.15, -0.1) is 0 Å². The van der Waals surface area contributed by atoms with Crippen LogP contribution in [0.15, 0.2) is 35.9 Å². The van der Waals surface area contributed by atoms with Crippen molar-refractivity contribution in [2.75, 3.05) is 0 Å². The lowest BCUT2D eigenvalue weighted by atomic mass is 9.44. The molecule has 184 valence electrons. The number of fused-ring (bicyclic) bond motifs is 5. The van der Waals surface area contributed by atoms with E-state index in [4.69, 9.17) is 9.47 Å².